The summed E-state index contributed by atoms with van der Waals surface area (Å²) in [6.07, 6.45) is 9.66. The maximum Gasteiger partial charge on any atom is -0.0305 e. The van der Waals surface area contributed by atoms with Crippen LogP contribution in [-0.2, 0) is 12.8 Å². The molecule has 0 aliphatic heterocycles. The molecule has 108 valence electrons. The monoisotopic (exact) mass is 260 g/mol. The van der Waals surface area contributed by atoms with Crippen molar-refractivity contribution in [2.75, 3.05) is 0 Å². The van der Waals surface area contributed by atoms with Crippen LogP contribution in [0.25, 0.3) is 0 Å². The first-order valence-electron chi connectivity index (χ1n) is 8.33. The fourth-order valence-electron chi connectivity index (χ4n) is 3.44. The molecule has 1 saturated carbocycles. The van der Waals surface area contributed by atoms with Gasteiger partial charge in [-0.25, -0.2) is 0 Å². The Labute approximate surface area is 120 Å². The van der Waals surface area contributed by atoms with E-state index in [-0.39, 0.29) is 0 Å². The molecule has 0 heterocycles. The maximum absolute atomic E-state index is 2.33. The summed E-state index contributed by atoms with van der Waals surface area (Å²) in [7, 11) is 0. The topological polar surface area (TPSA) is 0 Å². The van der Waals surface area contributed by atoms with Crippen LogP contribution in [0.1, 0.15) is 70.9 Å². The Bertz CT molecular complexity index is 307. The van der Waals surface area contributed by atoms with Gasteiger partial charge in [0.25, 0.3) is 0 Å². The average Bonchev–Trinajstić information content (AvgIpc) is 2.95. The molecule has 1 aliphatic rings. The van der Waals surface area contributed by atoms with Crippen LogP contribution < -0.4 is 0 Å². The zero-order chi connectivity index (χ0) is 14.1. The van der Waals surface area contributed by atoms with Gasteiger partial charge in [-0.3, -0.25) is 0 Å². The fraction of sp³-hybridized carbons (Fsp3) is 0.684. The molecule has 0 radical (unpaired) electrons. The summed E-state index contributed by atoms with van der Waals surface area (Å²) in [5.74, 6) is 2.16. The molecule has 2 unspecified atom stereocenters. The lowest BCUT2D eigenvalue weighted by Crippen LogP contribution is -2.04. The molecule has 0 aromatic heterocycles. The molecule has 0 saturated heterocycles. The summed E-state index contributed by atoms with van der Waals surface area (Å²) in [5, 5.41) is 0. The molecule has 0 nitrogen and oxygen atoms in total. The molecule has 0 bridgehead atoms. The van der Waals surface area contributed by atoms with Crippen LogP contribution in [0, 0.1) is 11.8 Å². The molecule has 0 spiro atoms. The Morgan fingerprint density at radius 1 is 0.789 bits per heavy atom. The molecule has 1 fully saturated rings. The minimum Gasteiger partial charge on any atom is -0.0651 e. The lowest BCUT2D eigenvalue weighted by atomic mass is 9.92. The van der Waals surface area contributed by atoms with Gasteiger partial charge in [-0.05, 0) is 35.8 Å². The van der Waals surface area contributed by atoms with E-state index in [0.717, 1.165) is 24.7 Å². The van der Waals surface area contributed by atoms with Crippen molar-refractivity contribution in [3.8, 4) is 0 Å². The van der Waals surface area contributed by atoms with E-state index in [4.69, 9.17) is 0 Å². The molecule has 2 rings (SSSR count). The zero-order valence-electron chi connectivity index (χ0n) is 13.4. The van der Waals surface area contributed by atoms with Gasteiger partial charge in [-0.2, -0.15) is 0 Å². The average molecular weight is 260 g/mol. The summed E-state index contributed by atoms with van der Waals surface area (Å²) in [6, 6.07) is 8.63. The van der Waals surface area contributed by atoms with E-state index in [0.29, 0.717) is 0 Å². The highest BCUT2D eigenvalue weighted by atomic mass is 14.3. The third-order valence-electron chi connectivity index (χ3n) is 4.75. The van der Waals surface area contributed by atoms with Gasteiger partial charge in [0.15, 0.2) is 0 Å². The highest BCUT2D eigenvalue weighted by molar-refractivity contribution is 5.26. The molecule has 1 aliphatic carbocycles. The van der Waals surface area contributed by atoms with E-state index < -0.39 is 0 Å². The predicted molar refractivity (Wildman–Crippen MR) is 86.6 cm³/mol. The minimum atomic E-state index is 1.08. The van der Waals surface area contributed by atoms with Crippen LogP contribution in [0.2, 0.25) is 0 Å². The van der Waals surface area contributed by atoms with Crippen LogP contribution >= 0.6 is 0 Å². The molecule has 2 atom stereocenters. The summed E-state index contributed by atoms with van der Waals surface area (Å²) in [4.78, 5) is 0. The van der Waals surface area contributed by atoms with Crippen LogP contribution in [-0.4, -0.2) is 0 Å². The number of rotatable bonds is 4. The first kappa shape index (κ1) is 16.3. The summed E-state index contributed by atoms with van der Waals surface area (Å²) in [6.45, 7) is 9.07. The van der Waals surface area contributed by atoms with Crippen molar-refractivity contribution in [2.45, 2.75) is 72.6 Å². The highest BCUT2D eigenvalue weighted by Gasteiger charge is 2.23. The van der Waals surface area contributed by atoms with Crippen molar-refractivity contribution in [2.24, 2.45) is 11.8 Å². The second-order valence-electron chi connectivity index (χ2n) is 5.74. The molecular weight excluding hydrogens is 228 g/mol. The number of hydrogen-bond donors (Lipinski definition) is 0. The van der Waals surface area contributed by atoms with Crippen molar-refractivity contribution in [1.82, 2.24) is 0 Å². The fourth-order valence-corrected chi connectivity index (χ4v) is 3.44. The Balaban J connectivity index is 0.000000191. The van der Waals surface area contributed by atoms with Gasteiger partial charge in [-0.15, -0.1) is 0 Å². The van der Waals surface area contributed by atoms with Gasteiger partial charge >= 0.3 is 0 Å². The number of aryl methyl sites for hydroxylation is 2. The number of hydrogen-bond acceptors (Lipinski definition) is 0. The summed E-state index contributed by atoms with van der Waals surface area (Å²) in [5.41, 5.74) is 2.98. The number of benzene rings is 1. The molecule has 0 heteroatoms. The zero-order valence-corrected chi connectivity index (χ0v) is 13.4. The Kier molecular flexibility index (Phi) is 7.86. The van der Waals surface area contributed by atoms with Crippen LogP contribution in [0.3, 0.4) is 0 Å². The molecule has 19 heavy (non-hydrogen) atoms. The van der Waals surface area contributed by atoms with Gasteiger partial charge in [0.05, 0.1) is 0 Å². The molecule has 1 aromatic carbocycles. The smallest absolute Gasteiger partial charge is 0.0305 e. The van der Waals surface area contributed by atoms with E-state index >= 15 is 0 Å². The van der Waals surface area contributed by atoms with E-state index in [1.54, 1.807) is 0 Å². The standard InChI is InChI=1S/C10H14.C9H18/c1-3-9-7-5-6-8-10(9)4-2;1-3-8-6-5-7-9(8)4-2/h5-8H,3-4H2,1-2H3;8-9H,3-7H2,1-2H3. The second kappa shape index (κ2) is 9.18. The van der Waals surface area contributed by atoms with Gasteiger partial charge in [-0.1, -0.05) is 84.1 Å². The van der Waals surface area contributed by atoms with Crippen molar-refractivity contribution in [3.05, 3.63) is 35.4 Å². The van der Waals surface area contributed by atoms with E-state index in [1.165, 1.54) is 43.2 Å². The quantitative estimate of drug-likeness (QED) is 0.619. The van der Waals surface area contributed by atoms with E-state index in [9.17, 15) is 0 Å². The second-order valence-corrected chi connectivity index (χ2v) is 5.74. The van der Waals surface area contributed by atoms with Gasteiger partial charge < -0.3 is 0 Å². The third kappa shape index (κ3) is 5.01. The Morgan fingerprint density at radius 2 is 1.21 bits per heavy atom. The lowest BCUT2D eigenvalue weighted by Gasteiger charge is -2.14. The van der Waals surface area contributed by atoms with E-state index in [2.05, 4.69) is 52.0 Å². The first-order valence-corrected chi connectivity index (χ1v) is 8.33. The Morgan fingerprint density at radius 3 is 1.53 bits per heavy atom. The summed E-state index contributed by atoms with van der Waals surface area (Å²) < 4.78 is 0. The van der Waals surface area contributed by atoms with E-state index in [1.807, 2.05) is 0 Å². The van der Waals surface area contributed by atoms with Crippen molar-refractivity contribution in [1.29, 1.82) is 0 Å². The van der Waals surface area contributed by atoms with Crippen molar-refractivity contribution in [3.63, 3.8) is 0 Å². The molecule has 1 aromatic rings. The molecule has 0 N–H and O–H groups in total. The SMILES string of the molecule is CCC1CCCC1CC.CCc1ccccc1CC. The molecular formula is C19H32. The van der Waals surface area contributed by atoms with Crippen LogP contribution in [0.15, 0.2) is 24.3 Å². The first-order chi connectivity index (χ1) is 9.26. The largest absolute Gasteiger partial charge is 0.0651 e. The normalized spacial score (nSPS) is 21.9. The third-order valence-corrected chi connectivity index (χ3v) is 4.75. The Hall–Kier alpha value is -0.780. The van der Waals surface area contributed by atoms with Crippen molar-refractivity contribution < 1.29 is 0 Å². The predicted octanol–water partition coefficient (Wildman–Crippen LogP) is 6.03. The van der Waals surface area contributed by atoms with Gasteiger partial charge in [0.2, 0.25) is 0 Å². The maximum atomic E-state index is 2.33. The summed E-state index contributed by atoms with van der Waals surface area (Å²) >= 11 is 0. The lowest BCUT2D eigenvalue weighted by molar-refractivity contribution is 0.367. The van der Waals surface area contributed by atoms with Gasteiger partial charge in [0, 0.05) is 0 Å². The molecule has 0 amide bonds. The van der Waals surface area contributed by atoms with Crippen LogP contribution in [0.5, 0.6) is 0 Å². The minimum absolute atomic E-state index is 1.08. The van der Waals surface area contributed by atoms with Gasteiger partial charge in [0.1, 0.15) is 0 Å². The highest BCUT2D eigenvalue weighted by Crippen LogP contribution is 2.35. The van der Waals surface area contributed by atoms with Crippen LogP contribution in [0.4, 0.5) is 0 Å². The van der Waals surface area contributed by atoms with Crippen molar-refractivity contribution >= 4 is 0 Å².